The Balaban J connectivity index is 3.77. The van der Waals surface area contributed by atoms with Gasteiger partial charge in [0.15, 0.2) is 0 Å². The molecule has 0 nitrogen and oxygen atoms in total. The molecule has 0 N–H and O–H groups in total. The Morgan fingerprint density at radius 1 is 1.55 bits per heavy atom. The van der Waals surface area contributed by atoms with Crippen LogP contribution in [0.3, 0.4) is 0 Å². The topological polar surface area (TPSA) is 0 Å². The normalized spacial score (nSPS) is 15.5. The first-order chi connectivity index (χ1) is 4.87. The van der Waals surface area contributed by atoms with Gasteiger partial charge in [-0.3, -0.25) is 0 Å². The summed E-state index contributed by atoms with van der Waals surface area (Å²) in [7, 11) is 0. The van der Waals surface area contributed by atoms with Crippen molar-refractivity contribution in [3.05, 3.63) is 4.83 Å². The van der Waals surface area contributed by atoms with Gasteiger partial charge in [0, 0.05) is 12.3 Å². The lowest BCUT2D eigenvalue weighted by Crippen LogP contribution is -2.16. The molecule has 6 heteroatoms. The molecule has 11 heavy (non-hydrogen) atoms. The van der Waals surface area contributed by atoms with E-state index in [1.165, 1.54) is 0 Å². The van der Waals surface area contributed by atoms with Gasteiger partial charge in [-0.1, -0.05) is 15.9 Å². The summed E-state index contributed by atoms with van der Waals surface area (Å²) < 4.78 is 24.5. The van der Waals surface area contributed by atoms with E-state index >= 15 is 0 Å². The van der Waals surface area contributed by atoms with Crippen LogP contribution in [0.15, 0.2) is 0 Å². The molecule has 1 unspecified atom stereocenters. The number of hydrogen-bond acceptors (Lipinski definition) is 0. The molecule has 0 saturated heterocycles. The van der Waals surface area contributed by atoms with Crippen LogP contribution in [0.4, 0.5) is 8.78 Å². The Labute approximate surface area is 90.9 Å². The first-order valence-corrected chi connectivity index (χ1v) is 5.20. The van der Waals surface area contributed by atoms with Gasteiger partial charge in [0.25, 0.3) is 0 Å². The van der Waals surface area contributed by atoms with Gasteiger partial charge in [-0.25, -0.2) is 0 Å². The van der Waals surface area contributed by atoms with Gasteiger partial charge in [0.1, 0.15) is 0 Å². The summed E-state index contributed by atoms with van der Waals surface area (Å²) in [6.07, 6.45) is -0.451. The highest BCUT2D eigenvalue weighted by Crippen LogP contribution is 2.37. The van der Waals surface area contributed by atoms with Crippen molar-refractivity contribution in [1.82, 2.24) is 0 Å². The Kier molecular flexibility index (Phi) is 5.86. The largest absolute Gasteiger partial charge is 0.302 e. The van der Waals surface area contributed by atoms with E-state index in [9.17, 15) is 8.78 Å². The van der Waals surface area contributed by atoms with E-state index < -0.39 is 16.6 Å². The Morgan fingerprint density at radius 3 is 2.27 bits per heavy atom. The fourth-order valence-corrected chi connectivity index (χ4v) is 2.03. The van der Waals surface area contributed by atoms with Gasteiger partial charge >= 0.3 is 4.83 Å². The molecule has 1 radical (unpaired) electrons. The molecule has 1 atom stereocenters. The number of alkyl halides is 5. The predicted molar refractivity (Wildman–Crippen MR) is 51.0 cm³/mol. The van der Waals surface area contributed by atoms with Gasteiger partial charge in [-0.05, 0) is 15.9 Å². The summed E-state index contributed by atoms with van der Waals surface area (Å²) in [6, 6.07) is 0. The monoisotopic (exact) mass is 331 g/mol. The van der Waals surface area contributed by atoms with Crippen LogP contribution < -0.4 is 0 Å². The van der Waals surface area contributed by atoms with E-state index in [1.807, 2.05) is 0 Å². The molecule has 0 spiro atoms. The highest BCUT2D eigenvalue weighted by atomic mass is 79.9. The van der Waals surface area contributed by atoms with Crippen molar-refractivity contribution in [2.24, 2.45) is 0 Å². The van der Waals surface area contributed by atoms with Crippen LogP contribution >= 0.6 is 55.1 Å². The van der Waals surface area contributed by atoms with E-state index in [0.717, 1.165) is 0 Å². The Hall–Kier alpha value is 1.40. The van der Waals surface area contributed by atoms with Gasteiger partial charge in [-0.2, -0.15) is 8.78 Å². The lowest BCUT2D eigenvalue weighted by Gasteiger charge is -2.15. The zero-order valence-corrected chi connectivity index (χ0v) is 9.94. The molecule has 0 rings (SSSR count). The zero-order chi connectivity index (χ0) is 9.07. The van der Waals surface area contributed by atoms with Crippen LogP contribution in [0.5, 0.6) is 0 Å². The molecule has 0 bridgehead atoms. The molecular weight excluding hydrogens is 329 g/mol. The van der Waals surface area contributed by atoms with Gasteiger partial charge < -0.3 is 0 Å². The van der Waals surface area contributed by atoms with E-state index in [1.54, 1.807) is 0 Å². The summed E-state index contributed by atoms with van der Waals surface area (Å²) in [5.74, 6) is 0.116. The highest BCUT2D eigenvalue weighted by molar-refractivity contribution is 9.11. The maximum Gasteiger partial charge on any atom is 0.302 e. The predicted octanol–water partition coefficient (Wildman–Crippen LogP) is 4.14. The minimum absolute atomic E-state index is 0.116. The summed E-state index contributed by atoms with van der Waals surface area (Å²) in [5, 5.41) is -0.555. The average molecular weight is 334 g/mol. The van der Waals surface area contributed by atoms with E-state index in [4.69, 9.17) is 23.2 Å². The minimum Gasteiger partial charge on any atom is -0.194 e. The molecule has 0 heterocycles. The van der Waals surface area contributed by atoms with Crippen LogP contribution in [0.25, 0.3) is 0 Å². The lowest BCUT2D eigenvalue weighted by atomic mass is 10.2. The van der Waals surface area contributed by atoms with Crippen molar-refractivity contribution in [2.75, 3.05) is 5.88 Å². The quantitative estimate of drug-likeness (QED) is 0.678. The molecule has 0 fully saturated rings. The Morgan fingerprint density at radius 2 is 2.00 bits per heavy atom. The maximum atomic E-state index is 12.2. The molecule has 0 amide bonds. The van der Waals surface area contributed by atoms with Crippen LogP contribution in [-0.2, 0) is 0 Å². The molecule has 0 aliphatic carbocycles. The van der Waals surface area contributed by atoms with Gasteiger partial charge in [-0.15, -0.1) is 23.2 Å². The summed E-state index contributed by atoms with van der Waals surface area (Å²) in [4.78, 5) is -2.61. The van der Waals surface area contributed by atoms with Crippen LogP contribution in [-0.4, -0.2) is 16.1 Å². The summed E-state index contributed by atoms with van der Waals surface area (Å²) in [6.45, 7) is 0. The fraction of sp³-hybridized carbons (Fsp3) is 0.800. The average Bonchev–Trinajstić information content (AvgIpc) is 1.82. The first kappa shape index (κ1) is 12.4. The van der Waals surface area contributed by atoms with Crippen molar-refractivity contribution < 1.29 is 8.78 Å². The molecular formula is C5H5Br2Cl2F2. The third kappa shape index (κ3) is 6.55. The van der Waals surface area contributed by atoms with E-state index in [-0.39, 0.29) is 5.88 Å². The van der Waals surface area contributed by atoms with E-state index in [2.05, 4.69) is 31.9 Å². The molecule has 0 aliphatic rings. The molecule has 0 saturated carbocycles. The minimum atomic E-state index is -2.91. The maximum absolute atomic E-state index is 12.2. The second-order valence-electron chi connectivity index (χ2n) is 1.86. The Bertz CT molecular complexity index is 118. The number of hydrogen-bond donors (Lipinski definition) is 0. The number of rotatable bonds is 4. The fourth-order valence-electron chi connectivity index (χ4n) is 0.386. The lowest BCUT2D eigenvalue weighted by molar-refractivity contribution is 0.112. The third-order valence-corrected chi connectivity index (χ3v) is 3.11. The SMILES string of the molecule is FC(F)(Br)C[C](Br)C(Cl)CCl. The second-order valence-corrected chi connectivity index (χ2v) is 4.87. The molecule has 0 aromatic heterocycles. The van der Waals surface area contributed by atoms with Crippen LogP contribution in [0, 0.1) is 4.83 Å². The third-order valence-electron chi connectivity index (χ3n) is 0.845. The van der Waals surface area contributed by atoms with Gasteiger partial charge in [0.05, 0.1) is 10.2 Å². The van der Waals surface area contributed by atoms with Crippen molar-refractivity contribution >= 4 is 55.1 Å². The van der Waals surface area contributed by atoms with Crippen LogP contribution in [0.1, 0.15) is 6.42 Å². The van der Waals surface area contributed by atoms with Crippen molar-refractivity contribution in [3.8, 4) is 0 Å². The molecule has 0 aromatic carbocycles. The van der Waals surface area contributed by atoms with Crippen molar-refractivity contribution in [2.45, 2.75) is 16.6 Å². The first-order valence-electron chi connectivity index (χ1n) is 2.65. The molecule has 0 aromatic rings. The van der Waals surface area contributed by atoms with Crippen molar-refractivity contribution in [1.29, 1.82) is 0 Å². The smallest absolute Gasteiger partial charge is 0.194 e. The van der Waals surface area contributed by atoms with E-state index in [0.29, 0.717) is 4.83 Å². The summed E-state index contributed by atoms with van der Waals surface area (Å²) >= 11 is 16.0. The van der Waals surface area contributed by atoms with Gasteiger partial charge in [0.2, 0.25) is 0 Å². The molecule has 0 aliphatic heterocycles. The summed E-state index contributed by atoms with van der Waals surface area (Å²) in [5.41, 5.74) is 0. The van der Waals surface area contributed by atoms with Crippen molar-refractivity contribution in [3.63, 3.8) is 0 Å². The zero-order valence-electron chi connectivity index (χ0n) is 5.26. The number of halogens is 6. The highest BCUT2D eigenvalue weighted by Gasteiger charge is 2.31. The standard InChI is InChI=1S/C5H5Br2Cl2F2/c6-3(4(9)2-8)1-5(7,10)11/h4H,1-2H2. The van der Waals surface area contributed by atoms with Crippen LogP contribution in [0.2, 0.25) is 0 Å². The molecule has 67 valence electrons. The second kappa shape index (κ2) is 5.20.